The van der Waals surface area contributed by atoms with Crippen LogP contribution in [-0.2, 0) is 19.2 Å². The number of carboxylic acids is 1. The number of carboxylic acid groups (broad SMARTS) is 1. The van der Waals surface area contributed by atoms with Crippen molar-refractivity contribution in [2.45, 2.75) is 69.6 Å². The molecule has 1 unspecified atom stereocenters. The lowest BCUT2D eigenvalue weighted by molar-refractivity contribution is -0.160. The minimum Gasteiger partial charge on any atom is -0.477 e. The highest BCUT2D eigenvalue weighted by molar-refractivity contribution is 8.03. The van der Waals surface area contributed by atoms with E-state index in [1.807, 2.05) is 13.8 Å². The Morgan fingerprint density at radius 2 is 2.03 bits per heavy atom. The molecule has 0 aliphatic carbocycles. The number of β-lactam (4-membered cyclic amide) rings is 1. The first-order chi connectivity index (χ1) is 16.0. The third-order valence-corrected chi connectivity index (χ3v) is 9.14. The molecule has 11 heteroatoms. The van der Waals surface area contributed by atoms with Gasteiger partial charge in [-0.1, -0.05) is 20.8 Å². The smallest absolute Gasteiger partial charge is 0.353 e. The first kappa shape index (κ1) is 25.1. The van der Waals surface area contributed by atoms with Gasteiger partial charge in [0.1, 0.15) is 17.7 Å². The zero-order valence-corrected chi connectivity index (χ0v) is 20.5. The SMILES string of the molecule is CCC(=O)C[C@H](C)[C@H]1C(=O)N2C(C(=O)O)=C(SC3CN[C@H](C(=O)N4C[C@@H](F)[C@@H](N)C4)C3)[C@H](C)[C@H]12. The molecule has 34 heavy (non-hydrogen) atoms. The highest BCUT2D eigenvalue weighted by Gasteiger charge is 2.60. The van der Waals surface area contributed by atoms with Gasteiger partial charge in [-0.25, -0.2) is 9.18 Å². The third kappa shape index (κ3) is 4.26. The molecule has 188 valence electrons. The van der Waals surface area contributed by atoms with Crippen molar-refractivity contribution in [1.82, 2.24) is 15.1 Å². The van der Waals surface area contributed by atoms with Gasteiger partial charge in [0.25, 0.3) is 0 Å². The van der Waals surface area contributed by atoms with Crippen LogP contribution in [0.5, 0.6) is 0 Å². The lowest BCUT2D eigenvalue weighted by Crippen LogP contribution is -2.62. The summed E-state index contributed by atoms with van der Waals surface area (Å²) >= 11 is 1.41. The minimum atomic E-state index is -1.22. The van der Waals surface area contributed by atoms with Crippen LogP contribution in [0.2, 0.25) is 0 Å². The average Bonchev–Trinajstić information content (AvgIpc) is 3.44. The molecule has 0 bridgehead atoms. The molecule has 3 fully saturated rings. The van der Waals surface area contributed by atoms with Crippen LogP contribution in [0.25, 0.3) is 0 Å². The molecule has 4 aliphatic heterocycles. The number of nitrogens with zero attached hydrogens (tertiary/aromatic N) is 2. The number of nitrogens with two attached hydrogens (primary N) is 1. The summed E-state index contributed by atoms with van der Waals surface area (Å²) in [7, 11) is 0. The van der Waals surface area contributed by atoms with E-state index in [1.165, 1.54) is 21.6 Å². The Morgan fingerprint density at radius 3 is 2.62 bits per heavy atom. The van der Waals surface area contributed by atoms with Gasteiger partial charge in [-0.2, -0.15) is 0 Å². The number of hydrogen-bond acceptors (Lipinski definition) is 7. The molecule has 0 aromatic rings. The van der Waals surface area contributed by atoms with Gasteiger partial charge in [-0.3, -0.25) is 14.4 Å². The minimum absolute atomic E-state index is 0.000196. The summed E-state index contributed by atoms with van der Waals surface area (Å²) in [6.07, 6.45) is -0.00832. The van der Waals surface area contributed by atoms with Gasteiger partial charge in [-0.05, 0) is 12.3 Å². The fraction of sp³-hybridized carbons (Fsp3) is 0.739. The van der Waals surface area contributed by atoms with Crippen LogP contribution in [0.1, 0.15) is 40.0 Å². The predicted octanol–water partition coefficient (Wildman–Crippen LogP) is 0.736. The summed E-state index contributed by atoms with van der Waals surface area (Å²) in [5, 5.41) is 13.0. The normalized spacial score (nSPS) is 36.0. The largest absolute Gasteiger partial charge is 0.477 e. The van der Waals surface area contributed by atoms with Crippen molar-refractivity contribution in [2.24, 2.45) is 23.5 Å². The van der Waals surface area contributed by atoms with Crippen LogP contribution in [0.4, 0.5) is 4.39 Å². The second kappa shape index (κ2) is 9.58. The average molecular weight is 497 g/mol. The first-order valence-corrected chi connectivity index (χ1v) is 12.8. The molecule has 0 aromatic carbocycles. The monoisotopic (exact) mass is 496 g/mol. The number of nitrogens with one attached hydrogen (secondary N) is 1. The zero-order chi connectivity index (χ0) is 24.9. The van der Waals surface area contributed by atoms with Crippen molar-refractivity contribution >= 4 is 35.3 Å². The number of halogens is 1. The number of Topliss-reactive ketones (excluding diaryl/α,β-unsaturated/α-hetero) is 1. The number of carbonyl (C=O) groups excluding carboxylic acids is 3. The second-order valence-electron chi connectivity index (χ2n) is 9.96. The van der Waals surface area contributed by atoms with E-state index in [0.29, 0.717) is 30.7 Å². The Balaban J connectivity index is 1.44. The van der Waals surface area contributed by atoms with Crippen LogP contribution in [0.15, 0.2) is 10.6 Å². The van der Waals surface area contributed by atoms with Gasteiger partial charge >= 0.3 is 5.97 Å². The highest BCUT2D eigenvalue weighted by atomic mass is 32.2. The number of rotatable bonds is 8. The first-order valence-electron chi connectivity index (χ1n) is 12.0. The van der Waals surface area contributed by atoms with Crippen LogP contribution in [0.3, 0.4) is 0 Å². The summed E-state index contributed by atoms with van der Waals surface area (Å²) in [6, 6.07) is -1.39. The second-order valence-corrected chi connectivity index (χ2v) is 11.3. The van der Waals surface area contributed by atoms with Gasteiger partial charge in [0, 0.05) is 42.0 Å². The molecule has 0 spiro atoms. The number of ketones is 1. The van der Waals surface area contributed by atoms with E-state index in [4.69, 9.17) is 5.73 Å². The Bertz CT molecular complexity index is 919. The van der Waals surface area contributed by atoms with Gasteiger partial charge < -0.3 is 26.0 Å². The number of hydrogen-bond donors (Lipinski definition) is 3. The van der Waals surface area contributed by atoms with E-state index in [1.54, 1.807) is 6.92 Å². The number of aliphatic carboxylic acids is 1. The summed E-state index contributed by atoms with van der Waals surface area (Å²) in [4.78, 5) is 53.3. The molecule has 4 heterocycles. The number of amides is 2. The maximum absolute atomic E-state index is 13.8. The molecule has 4 N–H and O–H groups in total. The standard InChI is InChI=1S/C23H33FN4O5S/c1-4-12(29)5-10(2)17-18-11(3)20(19(23(32)33)28(18)22(17)31)34-13-6-16(26-7-13)21(30)27-8-14(24)15(25)9-27/h10-11,13-18,26H,4-9,25H2,1-3H3,(H,32,33)/t10-,11+,13?,14+,15-,16-,17+,18+/m0/s1. The molecule has 0 radical (unpaired) electrons. The zero-order valence-electron chi connectivity index (χ0n) is 19.7. The molecular weight excluding hydrogens is 463 g/mol. The quantitative estimate of drug-likeness (QED) is 0.419. The van der Waals surface area contributed by atoms with Crippen molar-refractivity contribution < 1.29 is 28.7 Å². The van der Waals surface area contributed by atoms with Crippen molar-refractivity contribution in [3.05, 3.63) is 10.6 Å². The van der Waals surface area contributed by atoms with Crippen LogP contribution in [-0.4, -0.2) is 87.7 Å². The lowest BCUT2D eigenvalue weighted by atomic mass is 9.73. The van der Waals surface area contributed by atoms with Crippen molar-refractivity contribution in [1.29, 1.82) is 0 Å². The summed E-state index contributed by atoms with van der Waals surface area (Å²) in [5.41, 5.74) is 5.73. The fourth-order valence-corrected chi connectivity index (χ4v) is 7.23. The Hall–Kier alpha value is -1.98. The molecule has 2 amide bonds. The Morgan fingerprint density at radius 1 is 1.32 bits per heavy atom. The number of fused-ring (bicyclic) bond motifs is 1. The molecule has 0 aromatic heterocycles. The van der Waals surface area contributed by atoms with Crippen molar-refractivity contribution in [3.63, 3.8) is 0 Å². The predicted molar refractivity (Wildman–Crippen MR) is 124 cm³/mol. The van der Waals surface area contributed by atoms with E-state index in [9.17, 15) is 28.7 Å². The van der Waals surface area contributed by atoms with Gasteiger partial charge in [-0.15, -0.1) is 11.8 Å². The van der Waals surface area contributed by atoms with Crippen LogP contribution < -0.4 is 11.1 Å². The van der Waals surface area contributed by atoms with Crippen molar-refractivity contribution in [3.8, 4) is 0 Å². The maximum atomic E-state index is 13.8. The van der Waals surface area contributed by atoms with Gasteiger partial charge in [0.15, 0.2) is 0 Å². The summed E-state index contributed by atoms with van der Waals surface area (Å²) in [5.74, 6) is -2.15. The lowest BCUT2D eigenvalue weighted by Gasteiger charge is -2.47. The molecule has 3 saturated heterocycles. The highest BCUT2D eigenvalue weighted by Crippen LogP contribution is 2.53. The van der Waals surface area contributed by atoms with E-state index < -0.39 is 24.2 Å². The molecule has 4 rings (SSSR count). The van der Waals surface area contributed by atoms with E-state index >= 15 is 0 Å². The Labute approximate surface area is 202 Å². The van der Waals surface area contributed by atoms with Crippen LogP contribution in [0, 0.1) is 17.8 Å². The molecule has 8 atom stereocenters. The molecule has 0 saturated carbocycles. The topological polar surface area (TPSA) is 133 Å². The number of carbonyl (C=O) groups is 4. The molecule has 4 aliphatic rings. The van der Waals surface area contributed by atoms with E-state index in [-0.39, 0.29) is 65.4 Å². The number of thioether (sulfide) groups is 1. The maximum Gasteiger partial charge on any atom is 0.353 e. The third-order valence-electron chi connectivity index (χ3n) is 7.63. The van der Waals surface area contributed by atoms with E-state index in [0.717, 1.165) is 0 Å². The number of likely N-dealkylation sites (tertiary alicyclic amines) is 1. The van der Waals surface area contributed by atoms with Crippen LogP contribution >= 0.6 is 11.8 Å². The van der Waals surface area contributed by atoms with Gasteiger partial charge in [0.2, 0.25) is 11.8 Å². The summed E-state index contributed by atoms with van der Waals surface area (Å²) < 4.78 is 13.8. The summed E-state index contributed by atoms with van der Waals surface area (Å²) in [6.45, 7) is 6.31. The van der Waals surface area contributed by atoms with Gasteiger partial charge in [0.05, 0.1) is 30.6 Å². The molecular formula is C23H33FN4O5S. The fourth-order valence-electron chi connectivity index (χ4n) is 5.75. The van der Waals surface area contributed by atoms with Crippen molar-refractivity contribution in [2.75, 3.05) is 19.6 Å². The number of alkyl halides is 1. The molecule has 9 nitrogen and oxygen atoms in total. The Kier molecular flexibility index (Phi) is 7.08. The van der Waals surface area contributed by atoms with E-state index in [2.05, 4.69) is 5.32 Å².